The summed E-state index contributed by atoms with van der Waals surface area (Å²) in [5.41, 5.74) is 5.91. The highest BCUT2D eigenvalue weighted by atomic mass is 16.5. The summed E-state index contributed by atoms with van der Waals surface area (Å²) >= 11 is 0. The Labute approximate surface area is 125 Å². The van der Waals surface area contributed by atoms with Crippen LogP contribution in [0.15, 0.2) is 0 Å². The van der Waals surface area contributed by atoms with Crippen LogP contribution in [0.1, 0.15) is 32.1 Å². The minimum absolute atomic E-state index is 0.0260. The Morgan fingerprint density at radius 3 is 2.43 bits per heavy atom. The van der Waals surface area contributed by atoms with Crippen LogP contribution in [-0.4, -0.2) is 66.5 Å². The number of nitrogens with zero attached hydrogens (tertiary/aromatic N) is 2. The van der Waals surface area contributed by atoms with Crippen molar-refractivity contribution in [2.75, 3.05) is 32.8 Å². The SMILES string of the molecule is NC1CCC(C(=O)N2CCCC2C(=O)N2CCOCC2)C1. The standard InChI is InChI=1S/C15H25N3O3/c16-12-4-3-11(10-12)14(19)18-5-1-2-13(18)15(20)17-6-8-21-9-7-17/h11-13H,1-10,16H2. The molecule has 0 aromatic carbocycles. The first-order valence-electron chi connectivity index (χ1n) is 8.09. The number of morpholine rings is 1. The third kappa shape index (κ3) is 3.06. The van der Waals surface area contributed by atoms with Gasteiger partial charge in [-0.2, -0.15) is 0 Å². The van der Waals surface area contributed by atoms with Crippen molar-refractivity contribution >= 4 is 11.8 Å². The van der Waals surface area contributed by atoms with Gasteiger partial charge < -0.3 is 20.3 Å². The maximum Gasteiger partial charge on any atom is 0.245 e. The molecule has 2 N–H and O–H groups in total. The largest absolute Gasteiger partial charge is 0.378 e. The van der Waals surface area contributed by atoms with Gasteiger partial charge in [-0.05, 0) is 32.1 Å². The quantitative estimate of drug-likeness (QED) is 0.776. The van der Waals surface area contributed by atoms with E-state index in [4.69, 9.17) is 10.5 Å². The zero-order valence-electron chi connectivity index (χ0n) is 12.5. The first-order valence-corrected chi connectivity index (χ1v) is 8.09. The van der Waals surface area contributed by atoms with E-state index in [1.165, 1.54) is 0 Å². The Morgan fingerprint density at radius 2 is 1.76 bits per heavy atom. The van der Waals surface area contributed by atoms with Crippen LogP contribution < -0.4 is 5.73 Å². The van der Waals surface area contributed by atoms with Gasteiger partial charge in [-0.25, -0.2) is 0 Å². The predicted octanol–water partition coefficient (Wildman–Crippen LogP) is -0.0364. The van der Waals surface area contributed by atoms with Crippen LogP contribution in [0.2, 0.25) is 0 Å². The van der Waals surface area contributed by atoms with E-state index in [0.29, 0.717) is 32.8 Å². The molecule has 0 bridgehead atoms. The molecule has 3 aliphatic rings. The number of carbonyl (C=O) groups excluding carboxylic acids is 2. The fourth-order valence-electron chi connectivity index (χ4n) is 3.76. The summed E-state index contributed by atoms with van der Waals surface area (Å²) in [6, 6.07) is -0.109. The molecule has 2 heterocycles. The molecule has 2 amide bonds. The minimum Gasteiger partial charge on any atom is -0.378 e. The number of nitrogens with two attached hydrogens (primary N) is 1. The third-order valence-electron chi connectivity index (χ3n) is 4.97. The first-order chi connectivity index (χ1) is 10.2. The van der Waals surface area contributed by atoms with Gasteiger partial charge in [0.15, 0.2) is 0 Å². The minimum atomic E-state index is -0.257. The maximum absolute atomic E-state index is 12.7. The van der Waals surface area contributed by atoms with Crippen LogP contribution >= 0.6 is 0 Å². The van der Waals surface area contributed by atoms with Gasteiger partial charge >= 0.3 is 0 Å². The van der Waals surface area contributed by atoms with Crippen LogP contribution in [-0.2, 0) is 14.3 Å². The molecule has 0 spiro atoms. The molecule has 21 heavy (non-hydrogen) atoms. The molecule has 1 saturated carbocycles. The van der Waals surface area contributed by atoms with Crippen molar-refractivity contribution < 1.29 is 14.3 Å². The maximum atomic E-state index is 12.7. The van der Waals surface area contributed by atoms with Gasteiger partial charge in [-0.3, -0.25) is 9.59 Å². The summed E-state index contributed by atoms with van der Waals surface area (Å²) in [7, 11) is 0. The second-order valence-corrected chi connectivity index (χ2v) is 6.40. The van der Waals surface area contributed by atoms with E-state index < -0.39 is 0 Å². The summed E-state index contributed by atoms with van der Waals surface area (Å²) in [5, 5.41) is 0. The molecule has 2 aliphatic heterocycles. The van der Waals surface area contributed by atoms with Crippen LogP contribution in [0.4, 0.5) is 0 Å². The lowest BCUT2D eigenvalue weighted by Gasteiger charge is -2.33. The molecule has 3 rings (SSSR count). The van der Waals surface area contributed by atoms with E-state index in [1.54, 1.807) is 0 Å². The van der Waals surface area contributed by atoms with E-state index in [9.17, 15) is 9.59 Å². The van der Waals surface area contributed by atoms with Crippen molar-refractivity contribution in [1.29, 1.82) is 0 Å². The van der Waals surface area contributed by atoms with Crippen LogP contribution in [0.3, 0.4) is 0 Å². The summed E-state index contributed by atoms with van der Waals surface area (Å²) in [4.78, 5) is 29.0. The molecule has 6 heteroatoms. The Kier molecular flexibility index (Phi) is 4.45. The Balaban J connectivity index is 1.64. The molecule has 6 nitrogen and oxygen atoms in total. The molecule has 3 fully saturated rings. The molecule has 118 valence electrons. The zero-order chi connectivity index (χ0) is 14.8. The molecule has 0 aromatic rings. The van der Waals surface area contributed by atoms with Gasteiger partial charge in [0.2, 0.25) is 11.8 Å². The average molecular weight is 295 g/mol. The normalized spacial score (nSPS) is 33.5. The molecule has 0 aromatic heterocycles. The van der Waals surface area contributed by atoms with Gasteiger partial charge in [0.05, 0.1) is 13.2 Å². The Morgan fingerprint density at radius 1 is 1.00 bits per heavy atom. The topological polar surface area (TPSA) is 75.9 Å². The number of ether oxygens (including phenoxy) is 1. The van der Waals surface area contributed by atoms with E-state index in [0.717, 1.165) is 32.1 Å². The predicted molar refractivity (Wildman–Crippen MR) is 77.5 cm³/mol. The van der Waals surface area contributed by atoms with Crippen molar-refractivity contribution in [3.63, 3.8) is 0 Å². The van der Waals surface area contributed by atoms with Crippen LogP contribution in [0, 0.1) is 5.92 Å². The van der Waals surface area contributed by atoms with Crippen LogP contribution in [0.5, 0.6) is 0 Å². The van der Waals surface area contributed by atoms with E-state index in [-0.39, 0.29) is 29.8 Å². The number of rotatable bonds is 2. The summed E-state index contributed by atoms with van der Waals surface area (Å²) < 4.78 is 5.29. The van der Waals surface area contributed by atoms with E-state index >= 15 is 0 Å². The van der Waals surface area contributed by atoms with Crippen molar-refractivity contribution in [2.45, 2.75) is 44.2 Å². The van der Waals surface area contributed by atoms with Crippen molar-refractivity contribution in [3.05, 3.63) is 0 Å². The highest BCUT2D eigenvalue weighted by Crippen LogP contribution is 2.30. The average Bonchev–Trinajstić information content (AvgIpc) is 3.15. The molecule has 0 radical (unpaired) electrons. The number of carbonyl (C=O) groups is 2. The van der Waals surface area contributed by atoms with Crippen molar-refractivity contribution in [2.24, 2.45) is 11.7 Å². The van der Waals surface area contributed by atoms with E-state index in [2.05, 4.69) is 0 Å². The number of hydrogen-bond donors (Lipinski definition) is 1. The second kappa shape index (κ2) is 6.32. The monoisotopic (exact) mass is 295 g/mol. The number of likely N-dealkylation sites (tertiary alicyclic amines) is 1. The molecule has 2 saturated heterocycles. The van der Waals surface area contributed by atoms with Crippen molar-refractivity contribution in [3.8, 4) is 0 Å². The fourth-order valence-corrected chi connectivity index (χ4v) is 3.76. The highest BCUT2D eigenvalue weighted by molar-refractivity contribution is 5.89. The summed E-state index contributed by atoms with van der Waals surface area (Å²) in [6.45, 7) is 3.20. The molecule has 3 atom stereocenters. The fraction of sp³-hybridized carbons (Fsp3) is 0.867. The highest BCUT2D eigenvalue weighted by Gasteiger charge is 2.40. The molecule has 3 unspecified atom stereocenters. The smallest absolute Gasteiger partial charge is 0.245 e. The Bertz CT molecular complexity index is 386. The zero-order valence-corrected chi connectivity index (χ0v) is 12.5. The van der Waals surface area contributed by atoms with Crippen LogP contribution in [0.25, 0.3) is 0 Å². The molecular weight excluding hydrogens is 270 g/mol. The summed E-state index contributed by atoms with van der Waals surface area (Å²) in [6.07, 6.45) is 4.28. The third-order valence-corrected chi connectivity index (χ3v) is 4.97. The van der Waals surface area contributed by atoms with Gasteiger partial charge in [-0.15, -0.1) is 0 Å². The molecule has 1 aliphatic carbocycles. The Hall–Kier alpha value is -1.14. The van der Waals surface area contributed by atoms with Gasteiger partial charge in [0.25, 0.3) is 0 Å². The lowest BCUT2D eigenvalue weighted by atomic mass is 10.1. The second-order valence-electron chi connectivity index (χ2n) is 6.40. The number of hydrogen-bond acceptors (Lipinski definition) is 4. The molecular formula is C15H25N3O3. The lowest BCUT2D eigenvalue weighted by molar-refractivity contribution is -0.148. The first kappa shape index (κ1) is 14.8. The lowest BCUT2D eigenvalue weighted by Crippen LogP contribution is -2.52. The van der Waals surface area contributed by atoms with Gasteiger partial charge in [-0.1, -0.05) is 0 Å². The van der Waals surface area contributed by atoms with Gasteiger partial charge in [0.1, 0.15) is 6.04 Å². The summed E-state index contributed by atoms with van der Waals surface area (Å²) in [5.74, 6) is 0.275. The van der Waals surface area contributed by atoms with E-state index in [1.807, 2.05) is 9.80 Å². The van der Waals surface area contributed by atoms with Gasteiger partial charge in [0, 0.05) is 31.6 Å². The van der Waals surface area contributed by atoms with Crippen molar-refractivity contribution in [1.82, 2.24) is 9.80 Å². The number of amides is 2.